The lowest BCUT2D eigenvalue weighted by Gasteiger charge is -2.22. The number of aliphatic imine (C=N–C) groups is 1. The van der Waals surface area contributed by atoms with Gasteiger partial charge in [-0.2, -0.15) is 11.8 Å². The van der Waals surface area contributed by atoms with Crippen molar-refractivity contribution in [1.82, 2.24) is 15.4 Å². The number of thioether (sulfide) groups is 1. The van der Waals surface area contributed by atoms with Crippen LogP contribution in [0.3, 0.4) is 0 Å². The number of unbranched alkanes of at least 4 members (excludes halogenated alkanes) is 1. The van der Waals surface area contributed by atoms with Crippen LogP contribution in [0, 0.1) is 0 Å². The normalized spacial score (nSPS) is 12.9. The van der Waals surface area contributed by atoms with Crippen molar-refractivity contribution < 1.29 is 8.42 Å². The zero-order valence-electron chi connectivity index (χ0n) is 16.4. The maximum absolute atomic E-state index is 12.7. The highest BCUT2D eigenvalue weighted by atomic mass is 32.2. The predicted octanol–water partition coefficient (Wildman–Crippen LogP) is 2.57. The molecule has 1 aromatic carbocycles. The smallest absolute Gasteiger partial charge is 0.241 e. The SMILES string of the molecule is CN=C(NCCCCSC)NCc1ccccc1S(=O)(=O)NC(C)(C)C. The molecule has 0 aliphatic carbocycles. The molecule has 1 aromatic rings. The van der Waals surface area contributed by atoms with E-state index in [2.05, 4.69) is 26.6 Å². The molecule has 0 heterocycles. The van der Waals surface area contributed by atoms with E-state index in [4.69, 9.17) is 0 Å². The van der Waals surface area contributed by atoms with Crippen LogP contribution in [-0.4, -0.2) is 45.5 Å². The zero-order valence-corrected chi connectivity index (χ0v) is 18.1. The number of hydrogen-bond acceptors (Lipinski definition) is 4. The van der Waals surface area contributed by atoms with Crippen LogP contribution in [0.5, 0.6) is 0 Å². The summed E-state index contributed by atoms with van der Waals surface area (Å²) in [5, 5.41) is 6.45. The fraction of sp³-hybridized carbons (Fsp3) is 0.611. The van der Waals surface area contributed by atoms with Gasteiger partial charge in [-0.05, 0) is 57.3 Å². The Morgan fingerprint density at radius 1 is 1.15 bits per heavy atom. The van der Waals surface area contributed by atoms with Crippen molar-refractivity contribution in [2.24, 2.45) is 4.99 Å². The summed E-state index contributed by atoms with van der Waals surface area (Å²) < 4.78 is 28.0. The minimum absolute atomic E-state index is 0.290. The van der Waals surface area contributed by atoms with Gasteiger partial charge in [-0.1, -0.05) is 18.2 Å². The van der Waals surface area contributed by atoms with Crippen molar-refractivity contribution in [3.8, 4) is 0 Å². The molecule has 26 heavy (non-hydrogen) atoms. The highest BCUT2D eigenvalue weighted by molar-refractivity contribution is 7.98. The van der Waals surface area contributed by atoms with E-state index in [1.165, 1.54) is 0 Å². The lowest BCUT2D eigenvalue weighted by atomic mass is 10.1. The van der Waals surface area contributed by atoms with Crippen LogP contribution < -0.4 is 15.4 Å². The van der Waals surface area contributed by atoms with E-state index in [0.717, 1.165) is 25.1 Å². The minimum atomic E-state index is -3.58. The van der Waals surface area contributed by atoms with Crippen LogP contribution in [-0.2, 0) is 16.6 Å². The molecular weight excluding hydrogens is 368 g/mol. The van der Waals surface area contributed by atoms with E-state index in [1.807, 2.05) is 44.7 Å². The Morgan fingerprint density at radius 2 is 1.85 bits per heavy atom. The van der Waals surface area contributed by atoms with Crippen LogP contribution in [0.4, 0.5) is 0 Å². The molecule has 0 saturated heterocycles. The molecule has 0 aromatic heterocycles. The van der Waals surface area contributed by atoms with Gasteiger partial charge in [0.1, 0.15) is 0 Å². The van der Waals surface area contributed by atoms with Crippen molar-refractivity contribution in [3.05, 3.63) is 29.8 Å². The van der Waals surface area contributed by atoms with E-state index >= 15 is 0 Å². The van der Waals surface area contributed by atoms with Crippen molar-refractivity contribution in [2.75, 3.05) is 25.6 Å². The first kappa shape index (κ1) is 22.8. The maximum Gasteiger partial charge on any atom is 0.241 e. The predicted molar refractivity (Wildman–Crippen MR) is 112 cm³/mol. The molecule has 0 atom stereocenters. The summed E-state index contributed by atoms with van der Waals surface area (Å²) in [5.74, 6) is 1.82. The Kier molecular flexibility index (Phi) is 9.46. The van der Waals surface area contributed by atoms with E-state index in [1.54, 1.807) is 19.2 Å². The number of sulfonamides is 1. The molecule has 0 saturated carbocycles. The van der Waals surface area contributed by atoms with Gasteiger partial charge in [0.05, 0.1) is 4.90 Å². The Morgan fingerprint density at radius 3 is 2.46 bits per heavy atom. The van der Waals surface area contributed by atoms with Crippen molar-refractivity contribution >= 4 is 27.7 Å². The molecule has 8 heteroatoms. The number of benzene rings is 1. The average Bonchev–Trinajstić information content (AvgIpc) is 2.55. The Bertz CT molecular complexity index is 683. The second kappa shape index (κ2) is 10.8. The average molecular weight is 401 g/mol. The van der Waals surface area contributed by atoms with E-state index in [9.17, 15) is 8.42 Å². The standard InChI is InChI=1S/C18H32N4O2S2/c1-18(2,3)22-26(23,24)16-11-7-6-10-15(16)14-21-17(19-4)20-12-8-9-13-25-5/h6-7,10-11,22H,8-9,12-14H2,1-5H3,(H2,19,20,21). The number of guanidine groups is 1. The van der Waals surface area contributed by atoms with Gasteiger partial charge in [-0.25, -0.2) is 13.1 Å². The van der Waals surface area contributed by atoms with Crippen molar-refractivity contribution in [1.29, 1.82) is 0 Å². The first-order valence-electron chi connectivity index (χ1n) is 8.75. The van der Waals surface area contributed by atoms with E-state index < -0.39 is 15.6 Å². The summed E-state index contributed by atoms with van der Waals surface area (Å²) in [6.07, 6.45) is 4.33. The Labute approximate surface area is 162 Å². The summed E-state index contributed by atoms with van der Waals surface area (Å²) in [4.78, 5) is 4.49. The largest absolute Gasteiger partial charge is 0.356 e. The lowest BCUT2D eigenvalue weighted by molar-refractivity contribution is 0.491. The first-order chi connectivity index (χ1) is 12.2. The van der Waals surface area contributed by atoms with Crippen LogP contribution in [0.15, 0.2) is 34.2 Å². The molecule has 0 bridgehead atoms. The first-order valence-corrected chi connectivity index (χ1v) is 11.6. The quantitative estimate of drug-likeness (QED) is 0.337. The summed E-state index contributed by atoms with van der Waals surface area (Å²) in [5.41, 5.74) is 0.169. The Balaban J connectivity index is 2.73. The molecule has 6 nitrogen and oxygen atoms in total. The molecule has 148 valence electrons. The third-order valence-electron chi connectivity index (χ3n) is 3.44. The third-order valence-corrected chi connectivity index (χ3v) is 6.00. The Hall–Kier alpha value is -1.25. The number of nitrogens with one attached hydrogen (secondary N) is 3. The van der Waals surface area contributed by atoms with E-state index in [-0.39, 0.29) is 4.90 Å². The van der Waals surface area contributed by atoms with Gasteiger partial charge in [-0.3, -0.25) is 4.99 Å². The van der Waals surface area contributed by atoms with Gasteiger partial charge in [0.2, 0.25) is 10.0 Å². The molecule has 0 fully saturated rings. The summed E-state index contributed by atoms with van der Waals surface area (Å²) in [6, 6.07) is 7.02. The molecule has 0 unspecified atom stereocenters. The topological polar surface area (TPSA) is 82.6 Å². The van der Waals surface area contributed by atoms with Crippen LogP contribution in [0.1, 0.15) is 39.2 Å². The molecule has 0 aliphatic rings. The van der Waals surface area contributed by atoms with Crippen molar-refractivity contribution in [3.63, 3.8) is 0 Å². The molecular formula is C18H32N4O2S2. The molecule has 0 radical (unpaired) electrons. The second-order valence-corrected chi connectivity index (χ2v) is 9.65. The molecule has 0 aliphatic heterocycles. The van der Waals surface area contributed by atoms with Gasteiger partial charge in [-0.15, -0.1) is 0 Å². The lowest BCUT2D eigenvalue weighted by Crippen LogP contribution is -2.41. The summed E-state index contributed by atoms with van der Waals surface area (Å²) in [6.45, 7) is 6.70. The monoisotopic (exact) mass is 400 g/mol. The van der Waals surface area contributed by atoms with E-state index in [0.29, 0.717) is 18.1 Å². The zero-order chi connectivity index (χ0) is 19.6. The number of hydrogen-bond donors (Lipinski definition) is 3. The van der Waals surface area contributed by atoms with Crippen molar-refractivity contribution in [2.45, 2.75) is 50.6 Å². The summed E-state index contributed by atoms with van der Waals surface area (Å²) >= 11 is 1.84. The van der Waals surface area contributed by atoms with Gasteiger partial charge in [0.15, 0.2) is 5.96 Å². The molecule has 3 N–H and O–H groups in total. The minimum Gasteiger partial charge on any atom is -0.356 e. The summed E-state index contributed by atoms with van der Waals surface area (Å²) in [7, 11) is -1.87. The van der Waals surface area contributed by atoms with Gasteiger partial charge >= 0.3 is 0 Å². The van der Waals surface area contributed by atoms with Gasteiger partial charge in [0.25, 0.3) is 0 Å². The molecule has 0 spiro atoms. The fourth-order valence-electron chi connectivity index (χ4n) is 2.35. The highest BCUT2D eigenvalue weighted by Gasteiger charge is 2.24. The number of rotatable bonds is 9. The second-order valence-electron chi connectivity index (χ2n) is 7.02. The van der Waals surface area contributed by atoms with Crippen LogP contribution >= 0.6 is 11.8 Å². The molecule has 1 rings (SSSR count). The fourth-order valence-corrected chi connectivity index (χ4v) is 4.50. The third kappa shape index (κ3) is 8.42. The molecule has 0 amide bonds. The van der Waals surface area contributed by atoms with Crippen LogP contribution in [0.2, 0.25) is 0 Å². The number of nitrogens with zero attached hydrogens (tertiary/aromatic N) is 1. The van der Waals surface area contributed by atoms with Gasteiger partial charge < -0.3 is 10.6 Å². The van der Waals surface area contributed by atoms with Crippen LogP contribution in [0.25, 0.3) is 0 Å². The highest BCUT2D eigenvalue weighted by Crippen LogP contribution is 2.17. The van der Waals surface area contributed by atoms with Gasteiger partial charge in [0, 0.05) is 25.7 Å². The maximum atomic E-state index is 12.7.